The zero-order valence-electron chi connectivity index (χ0n) is 17.6. The minimum atomic E-state index is -0.751. The zero-order valence-corrected chi connectivity index (χ0v) is 17.6. The topological polar surface area (TPSA) is 137 Å². The van der Waals surface area contributed by atoms with Gasteiger partial charge in [0.1, 0.15) is 6.04 Å². The van der Waals surface area contributed by atoms with Crippen LogP contribution >= 0.6 is 0 Å². The normalized spacial score (nSPS) is 27.4. The molecule has 0 radical (unpaired) electrons. The lowest BCUT2D eigenvalue weighted by atomic mass is 10.0. The van der Waals surface area contributed by atoms with Crippen LogP contribution in [0.1, 0.15) is 48.1 Å². The smallest absolute Gasteiger partial charge is 0.248 e. The molecule has 3 aliphatic heterocycles. The van der Waals surface area contributed by atoms with Crippen LogP contribution in [-0.2, 0) is 9.59 Å². The molecule has 31 heavy (non-hydrogen) atoms. The predicted octanol–water partition coefficient (Wildman–Crippen LogP) is -0.0265. The summed E-state index contributed by atoms with van der Waals surface area (Å²) in [4.78, 5) is 42.8. The maximum absolute atomic E-state index is 13.1. The van der Waals surface area contributed by atoms with Crippen molar-refractivity contribution in [1.82, 2.24) is 14.7 Å². The minimum Gasteiger partial charge on any atom is -0.366 e. The first-order valence-electron chi connectivity index (χ1n) is 10.7. The summed E-state index contributed by atoms with van der Waals surface area (Å²) in [5, 5.41) is 9.22. The number of nitriles is 1. The SMILES string of the molecule is C[C@H](c1cccc(C(N)=O)c1)N1C(=O)[C@@H]2C[C@H]1CN2C[C@H](N)C(=O)N1CCC[C@H]1C#N. The lowest BCUT2D eigenvalue weighted by molar-refractivity contribution is -0.140. The van der Waals surface area contributed by atoms with Crippen molar-refractivity contribution >= 4 is 17.7 Å². The van der Waals surface area contributed by atoms with Crippen molar-refractivity contribution in [2.24, 2.45) is 11.5 Å². The number of nitrogens with zero attached hydrogens (tertiary/aromatic N) is 4. The maximum atomic E-state index is 13.1. The van der Waals surface area contributed by atoms with Crippen LogP contribution in [0.2, 0.25) is 0 Å². The number of hydrogen-bond donors (Lipinski definition) is 2. The van der Waals surface area contributed by atoms with Crippen LogP contribution in [0.3, 0.4) is 0 Å². The molecule has 164 valence electrons. The van der Waals surface area contributed by atoms with Crippen LogP contribution in [0.5, 0.6) is 0 Å². The molecular formula is C22H28N6O3. The van der Waals surface area contributed by atoms with Crippen LogP contribution in [0, 0.1) is 11.3 Å². The second kappa shape index (κ2) is 8.29. The number of piperazine rings is 1. The molecule has 0 spiro atoms. The number of amides is 3. The predicted molar refractivity (Wildman–Crippen MR) is 112 cm³/mol. The number of rotatable bonds is 6. The van der Waals surface area contributed by atoms with Gasteiger partial charge in [0.15, 0.2) is 0 Å². The van der Waals surface area contributed by atoms with E-state index in [1.165, 1.54) is 0 Å². The summed E-state index contributed by atoms with van der Waals surface area (Å²) in [7, 11) is 0. The van der Waals surface area contributed by atoms with E-state index in [1.807, 2.05) is 22.8 Å². The number of benzene rings is 1. The van der Waals surface area contributed by atoms with Gasteiger partial charge in [-0.2, -0.15) is 5.26 Å². The molecule has 4 N–H and O–H groups in total. The number of likely N-dealkylation sites (tertiary alicyclic amines) is 3. The number of carbonyl (C=O) groups excluding carboxylic acids is 3. The average molecular weight is 425 g/mol. The van der Waals surface area contributed by atoms with Gasteiger partial charge < -0.3 is 21.3 Å². The Labute approximate surface area is 181 Å². The van der Waals surface area contributed by atoms with Gasteiger partial charge in [0.2, 0.25) is 17.7 Å². The van der Waals surface area contributed by atoms with Gasteiger partial charge in [-0.05, 0) is 43.9 Å². The molecule has 3 heterocycles. The van der Waals surface area contributed by atoms with E-state index in [0.29, 0.717) is 38.0 Å². The lowest BCUT2D eigenvalue weighted by Gasteiger charge is -2.38. The van der Waals surface area contributed by atoms with E-state index in [2.05, 4.69) is 6.07 Å². The summed E-state index contributed by atoms with van der Waals surface area (Å²) in [5.41, 5.74) is 12.9. The van der Waals surface area contributed by atoms with Gasteiger partial charge in [-0.1, -0.05) is 12.1 Å². The number of primary amides is 1. The number of carbonyl (C=O) groups is 3. The van der Waals surface area contributed by atoms with Crippen molar-refractivity contribution in [3.05, 3.63) is 35.4 Å². The minimum absolute atomic E-state index is 0.0175. The molecule has 3 saturated heterocycles. The fourth-order valence-electron chi connectivity index (χ4n) is 5.22. The van der Waals surface area contributed by atoms with E-state index < -0.39 is 18.0 Å². The molecule has 5 atom stereocenters. The highest BCUT2D eigenvalue weighted by atomic mass is 16.2. The fraction of sp³-hybridized carbons (Fsp3) is 0.545. The maximum Gasteiger partial charge on any atom is 0.248 e. The first kappa shape index (κ1) is 21.3. The average Bonchev–Trinajstić information content (AvgIpc) is 3.47. The van der Waals surface area contributed by atoms with Crippen molar-refractivity contribution in [3.63, 3.8) is 0 Å². The highest BCUT2D eigenvalue weighted by Gasteiger charge is 2.51. The van der Waals surface area contributed by atoms with E-state index in [4.69, 9.17) is 11.5 Å². The molecule has 3 aliphatic rings. The van der Waals surface area contributed by atoms with E-state index in [9.17, 15) is 19.6 Å². The van der Waals surface area contributed by atoms with Crippen molar-refractivity contribution in [2.45, 2.75) is 56.4 Å². The molecule has 3 fully saturated rings. The lowest BCUT2D eigenvalue weighted by Crippen LogP contribution is -2.56. The number of hydrogen-bond acceptors (Lipinski definition) is 6. The third-order valence-corrected chi connectivity index (χ3v) is 6.82. The van der Waals surface area contributed by atoms with Gasteiger partial charge in [-0.15, -0.1) is 0 Å². The van der Waals surface area contributed by atoms with E-state index in [-0.39, 0.29) is 29.9 Å². The molecule has 1 aromatic carbocycles. The number of nitrogens with two attached hydrogens (primary N) is 2. The summed E-state index contributed by atoms with van der Waals surface area (Å²) in [5.74, 6) is -0.693. The molecule has 0 aromatic heterocycles. The summed E-state index contributed by atoms with van der Waals surface area (Å²) < 4.78 is 0. The van der Waals surface area contributed by atoms with Gasteiger partial charge in [0, 0.05) is 31.2 Å². The highest BCUT2D eigenvalue weighted by Crippen LogP contribution is 2.38. The molecule has 4 rings (SSSR count). The van der Waals surface area contributed by atoms with Crippen LogP contribution in [0.4, 0.5) is 0 Å². The van der Waals surface area contributed by atoms with Crippen molar-refractivity contribution in [2.75, 3.05) is 19.6 Å². The van der Waals surface area contributed by atoms with E-state index in [1.54, 1.807) is 23.1 Å². The summed E-state index contributed by atoms with van der Waals surface area (Å²) in [6.45, 7) is 3.47. The van der Waals surface area contributed by atoms with Gasteiger partial charge >= 0.3 is 0 Å². The summed E-state index contributed by atoms with van der Waals surface area (Å²) in [6.07, 6.45) is 2.20. The Morgan fingerprint density at radius 3 is 2.81 bits per heavy atom. The summed E-state index contributed by atoms with van der Waals surface area (Å²) >= 11 is 0. The molecule has 9 heteroatoms. The molecule has 1 aromatic rings. The van der Waals surface area contributed by atoms with Gasteiger partial charge in [0.05, 0.1) is 24.2 Å². The first-order chi connectivity index (χ1) is 14.8. The zero-order chi connectivity index (χ0) is 22.3. The van der Waals surface area contributed by atoms with Crippen molar-refractivity contribution in [3.8, 4) is 6.07 Å². The van der Waals surface area contributed by atoms with Crippen LogP contribution < -0.4 is 11.5 Å². The van der Waals surface area contributed by atoms with E-state index in [0.717, 1.165) is 12.0 Å². The molecule has 9 nitrogen and oxygen atoms in total. The molecular weight excluding hydrogens is 396 g/mol. The second-order valence-electron chi connectivity index (χ2n) is 8.70. The Balaban J connectivity index is 1.41. The Bertz CT molecular complexity index is 943. The Morgan fingerprint density at radius 2 is 2.13 bits per heavy atom. The van der Waals surface area contributed by atoms with Crippen LogP contribution in [0.15, 0.2) is 24.3 Å². The molecule has 0 aliphatic carbocycles. The quantitative estimate of drug-likeness (QED) is 0.658. The van der Waals surface area contributed by atoms with Gasteiger partial charge in [-0.3, -0.25) is 19.3 Å². The largest absolute Gasteiger partial charge is 0.366 e. The highest BCUT2D eigenvalue weighted by molar-refractivity contribution is 5.93. The molecule has 0 saturated carbocycles. The second-order valence-corrected chi connectivity index (χ2v) is 8.70. The van der Waals surface area contributed by atoms with Crippen LogP contribution in [-0.4, -0.2) is 76.2 Å². The summed E-state index contributed by atoms with van der Waals surface area (Å²) in [6, 6.07) is 7.64. The van der Waals surface area contributed by atoms with Crippen molar-refractivity contribution < 1.29 is 14.4 Å². The third kappa shape index (κ3) is 3.77. The van der Waals surface area contributed by atoms with Crippen LogP contribution in [0.25, 0.3) is 0 Å². The molecule has 3 amide bonds. The Hall–Kier alpha value is -2.96. The standard InChI is InChI=1S/C22H28N6O3/c1-13(14-4-2-5-15(8-14)20(25)29)28-17-9-19(22(28)31)26(11-17)12-18(24)21(30)27-7-3-6-16(27)10-23/h2,4-5,8,13,16-19H,3,6-7,9,11-12,24H2,1H3,(H2,25,29)/t13-,16+,17+,18+,19+/m1/s1. The van der Waals surface area contributed by atoms with Gasteiger partial charge in [0.25, 0.3) is 0 Å². The Kier molecular flexibility index (Phi) is 5.69. The fourth-order valence-corrected chi connectivity index (χ4v) is 5.22. The monoisotopic (exact) mass is 424 g/mol. The third-order valence-electron chi connectivity index (χ3n) is 6.82. The first-order valence-corrected chi connectivity index (χ1v) is 10.7. The van der Waals surface area contributed by atoms with Gasteiger partial charge in [-0.25, -0.2) is 0 Å². The number of fused-ring (bicyclic) bond motifs is 2. The Morgan fingerprint density at radius 1 is 1.35 bits per heavy atom. The molecule has 2 bridgehead atoms. The van der Waals surface area contributed by atoms with E-state index >= 15 is 0 Å². The molecule has 0 unspecified atom stereocenters. The van der Waals surface area contributed by atoms with Crippen molar-refractivity contribution in [1.29, 1.82) is 5.26 Å².